The second-order valence-corrected chi connectivity index (χ2v) is 4.71. The van der Waals surface area contributed by atoms with Crippen molar-refractivity contribution in [2.24, 2.45) is 0 Å². The van der Waals surface area contributed by atoms with Gasteiger partial charge >= 0.3 is 0 Å². The summed E-state index contributed by atoms with van der Waals surface area (Å²) in [5.41, 5.74) is -0.282. The van der Waals surface area contributed by atoms with Crippen molar-refractivity contribution < 1.29 is 4.74 Å². The molecule has 0 bridgehead atoms. The Morgan fingerprint density at radius 1 is 1.47 bits per heavy atom. The molecule has 0 saturated carbocycles. The van der Waals surface area contributed by atoms with Crippen LogP contribution in [0.1, 0.15) is 30.3 Å². The molecule has 1 heterocycles. The van der Waals surface area contributed by atoms with Gasteiger partial charge in [0, 0.05) is 20.1 Å². The number of nitrogens with zero attached hydrogens (tertiary/aromatic N) is 2. The fraction of sp³-hybridized carbons (Fsp3) is 0.800. The lowest BCUT2D eigenvalue weighted by Crippen LogP contribution is -2.22. The summed E-state index contributed by atoms with van der Waals surface area (Å²) in [6.45, 7) is 5.08. The first-order valence-corrected chi connectivity index (χ1v) is 6.00. The van der Waals surface area contributed by atoms with E-state index in [4.69, 9.17) is 4.74 Å². The van der Waals surface area contributed by atoms with E-state index in [2.05, 4.69) is 29.4 Å². The van der Waals surface area contributed by atoms with Gasteiger partial charge in [0.05, 0.1) is 0 Å². The van der Waals surface area contributed by atoms with Crippen molar-refractivity contribution in [3.8, 4) is 0 Å². The average molecular weight is 229 g/mol. The summed E-state index contributed by atoms with van der Waals surface area (Å²) in [6, 6.07) is 0. The Labute approximate surface area is 95.1 Å². The van der Waals surface area contributed by atoms with Gasteiger partial charge in [-0.2, -0.15) is 0 Å². The van der Waals surface area contributed by atoms with Crippen molar-refractivity contribution in [3.05, 3.63) is 10.0 Å². The smallest absolute Gasteiger partial charge is 0.149 e. The molecule has 0 radical (unpaired) electrons. The normalized spacial score (nSPS) is 15.2. The van der Waals surface area contributed by atoms with E-state index in [0.717, 1.165) is 29.4 Å². The van der Waals surface area contributed by atoms with Gasteiger partial charge in [0.1, 0.15) is 15.6 Å². The summed E-state index contributed by atoms with van der Waals surface area (Å²) >= 11 is 1.64. The molecule has 0 saturated heterocycles. The Bertz CT molecular complexity index is 297. The maximum absolute atomic E-state index is 5.48. The van der Waals surface area contributed by atoms with E-state index in [9.17, 15) is 0 Å². The highest BCUT2D eigenvalue weighted by atomic mass is 32.1. The Kier molecular flexibility index (Phi) is 4.63. The zero-order valence-electron chi connectivity index (χ0n) is 9.83. The predicted molar refractivity (Wildman–Crippen MR) is 62.2 cm³/mol. The Balaban J connectivity index is 2.74. The van der Waals surface area contributed by atoms with Crippen LogP contribution in [0.2, 0.25) is 0 Å². The summed E-state index contributed by atoms with van der Waals surface area (Å²) in [6.07, 6.45) is 1.84. The van der Waals surface area contributed by atoms with Gasteiger partial charge in [0.2, 0.25) is 0 Å². The lowest BCUT2D eigenvalue weighted by atomic mass is 10.1. The minimum atomic E-state index is -0.282. The Morgan fingerprint density at radius 3 is 2.73 bits per heavy atom. The molecule has 1 atom stereocenters. The third kappa shape index (κ3) is 2.96. The van der Waals surface area contributed by atoms with Gasteiger partial charge in [-0.3, -0.25) is 0 Å². The van der Waals surface area contributed by atoms with Crippen molar-refractivity contribution in [3.63, 3.8) is 0 Å². The molecule has 5 heteroatoms. The molecule has 1 aromatic rings. The standard InChI is InChI=1S/C10H19N3OS/c1-5-10(2,14-4)9-13-12-8(15-9)6-7-11-3/h11H,5-7H2,1-4H3. The molecule has 1 unspecified atom stereocenters. The molecule has 1 rings (SSSR count). The first-order chi connectivity index (χ1) is 7.16. The quantitative estimate of drug-likeness (QED) is 0.804. The molecular formula is C10H19N3OS. The summed E-state index contributed by atoms with van der Waals surface area (Å²) < 4.78 is 5.48. The Morgan fingerprint density at radius 2 is 2.20 bits per heavy atom. The first kappa shape index (κ1) is 12.5. The van der Waals surface area contributed by atoms with Crippen LogP contribution in [-0.2, 0) is 16.8 Å². The maximum Gasteiger partial charge on any atom is 0.149 e. The molecule has 0 fully saturated rings. The van der Waals surface area contributed by atoms with Crippen molar-refractivity contribution in [1.29, 1.82) is 0 Å². The number of aromatic nitrogens is 2. The van der Waals surface area contributed by atoms with Crippen molar-refractivity contribution in [1.82, 2.24) is 15.5 Å². The van der Waals surface area contributed by atoms with E-state index in [1.165, 1.54) is 0 Å². The average Bonchev–Trinajstić information content (AvgIpc) is 2.74. The predicted octanol–water partition coefficient (Wildman–Crippen LogP) is 1.57. The van der Waals surface area contributed by atoms with E-state index >= 15 is 0 Å². The van der Waals surface area contributed by atoms with Gasteiger partial charge in [0.15, 0.2) is 0 Å². The van der Waals surface area contributed by atoms with Crippen molar-refractivity contribution >= 4 is 11.3 Å². The van der Waals surface area contributed by atoms with Crippen LogP contribution >= 0.6 is 11.3 Å². The largest absolute Gasteiger partial charge is 0.371 e. The third-order valence-electron chi connectivity index (χ3n) is 2.63. The van der Waals surface area contributed by atoms with Crippen LogP contribution in [0.3, 0.4) is 0 Å². The Hall–Kier alpha value is -0.520. The van der Waals surface area contributed by atoms with Crippen LogP contribution in [0.25, 0.3) is 0 Å². The fourth-order valence-corrected chi connectivity index (χ4v) is 2.22. The first-order valence-electron chi connectivity index (χ1n) is 5.19. The molecule has 0 aliphatic carbocycles. The number of nitrogens with one attached hydrogen (secondary N) is 1. The number of hydrogen-bond donors (Lipinski definition) is 1. The lowest BCUT2D eigenvalue weighted by molar-refractivity contribution is -0.00207. The van der Waals surface area contributed by atoms with Crippen molar-refractivity contribution in [2.75, 3.05) is 20.7 Å². The summed E-state index contributed by atoms with van der Waals surface area (Å²) in [7, 11) is 3.66. The van der Waals surface area contributed by atoms with Crippen LogP contribution in [-0.4, -0.2) is 30.9 Å². The van der Waals surface area contributed by atoms with Gasteiger partial charge in [-0.05, 0) is 20.4 Å². The van der Waals surface area contributed by atoms with Gasteiger partial charge in [-0.15, -0.1) is 10.2 Å². The molecule has 1 aromatic heterocycles. The minimum Gasteiger partial charge on any atom is -0.371 e. The summed E-state index contributed by atoms with van der Waals surface area (Å²) in [5, 5.41) is 13.5. The molecule has 1 N–H and O–H groups in total. The highest BCUT2D eigenvalue weighted by Gasteiger charge is 2.28. The summed E-state index contributed by atoms with van der Waals surface area (Å²) in [5.74, 6) is 0. The fourth-order valence-electron chi connectivity index (χ4n) is 1.18. The lowest BCUT2D eigenvalue weighted by Gasteiger charge is -2.22. The SMILES string of the molecule is CCC(C)(OC)c1nnc(CCNC)s1. The molecule has 0 spiro atoms. The minimum absolute atomic E-state index is 0.282. The summed E-state index contributed by atoms with van der Waals surface area (Å²) in [4.78, 5) is 0. The number of methoxy groups -OCH3 is 1. The number of ether oxygens (including phenoxy) is 1. The number of rotatable bonds is 6. The molecule has 0 aliphatic heterocycles. The van der Waals surface area contributed by atoms with E-state index in [0.29, 0.717) is 0 Å². The van der Waals surface area contributed by atoms with Gasteiger partial charge in [0.25, 0.3) is 0 Å². The van der Waals surface area contributed by atoms with Gasteiger partial charge in [-0.1, -0.05) is 18.3 Å². The molecule has 4 nitrogen and oxygen atoms in total. The van der Waals surface area contributed by atoms with Crippen LogP contribution < -0.4 is 5.32 Å². The topological polar surface area (TPSA) is 47.0 Å². The van der Waals surface area contributed by atoms with E-state index in [-0.39, 0.29) is 5.60 Å². The zero-order valence-corrected chi connectivity index (χ0v) is 10.6. The number of hydrogen-bond acceptors (Lipinski definition) is 5. The van der Waals surface area contributed by atoms with Gasteiger partial charge in [-0.25, -0.2) is 0 Å². The monoisotopic (exact) mass is 229 g/mol. The molecule has 0 amide bonds. The molecule has 86 valence electrons. The second-order valence-electron chi connectivity index (χ2n) is 3.64. The van der Waals surface area contributed by atoms with Crippen LogP contribution in [0, 0.1) is 0 Å². The maximum atomic E-state index is 5.48. The molecule has 0 aliphatic rings. The molecule has 0 aromatic carbocycles. The van der Waals surface area contributed by atoms with Crippen LogP contribution in [0.15, 0.2) is 0 Å². The molecular weight excluding hydrogens is 210 g/mol. The highest BCUT2D eigenvalue weighted by Crippen LogP contribution is 2.30. The van der Waals surface area contributed by atoms with E-state index < -0.39 is 0 Å². The highest BCUT2D eigenvalue weighted by molar-refractivity contribution is 7.11. The van der Waals surface area contributed by atoms with Crippen molar-refractivity contribution in [2.45, 2.75) is 32.3 Å². The van der Waals surface area contributed by atoms with E-state index in [1.54, 1.807) is 18.4 Å². The van der Waals surface area contributed by atoms with E-state index in [1.807, 2.05) is 7.05 Å². The second kappa shape index (κ2) is 5.53. The number of likely N-dealkylation sites (N-methyl/N-ethyl adjacent to an activating group) is 1. The third-order valence-corrected chi connectivity index (χ3v) is 3.86. The van der Waals surface area contributed by atoms with Crippen LogP contribution in [0.5, 0.6) is 0 Å². The molecule has 15 heavy (non-hydrogen) atoms. The van der Waals surface area contributed by atoms with Crippen LogP contribution in [0.4, 0.5) is 0 Å². The zero-order chi connectivity index (χ0) is 11.3. The van der Waals surface area contributed by atoms with Gasteiger partial charge < -0.3 is 10.1 Å².